The maximum absolute atomic E-state index is 13.4. The number of hydrogen-bond donors (Lipinski definition) is 2. The van der Waals surface area contributed by atoms with Gasteiger partial charge in [-0.05, 0) is 11.5 Å². The van der Waals surface area contributed by atoms with Crippen LogP contribution in [0.4, 0.5) is 13.2 Å². The number of amides is 1. The molecule has 0 bridgehead atoms. The smallest absolute Gasteiger partial charge is 0.374 e. The fourth-order valence-electron chi connectivity index (χ4n) is 2.78. The Kier molecular flexibility index (Phi) is 6.07. The quantitative estimate of drug-likeness (QED) is 0.789. The third kappa shape index (κ3) is 4.43. The number of halogens is 3. The predicted octanol–water partition coefficient (Wildman–Crippen LogP) is 2.87. The van der Waals surface area contributed by atoms with Crippen LogP contribution in [0.5, 0.6) is 0 Å². The number of rotatable bonds is 7. The molecule has 2 rings (SSSR count). The van der Waals surface area contributed by atoms with E-state index in [0.717, 1.165) is 10.1 Å². The highest BCUT2D eigenvalue weighted by Gasteiger charge is 2.57. The zero-order chi connectivity index (χ0) is 19.4. The Morgan fingerprint density at radius 3 is 2.50 bits per heavy atom. The molecule has 26 heavy (non-hydrogen) atoms. The summed E-state index contributed by atoms with van der Waals surface area (Å²) in [6, 6.07) is 9.37. The second-order valence-electron chi connectivity index (χ2n) is 6.34. The summed E-state index contributed by atoms with van der Waals surface area (Å²) in [6.07, 6.45) is -2.96. The fraction of sp³-hybridized carbons (Fsp3) is 0.444. The molecule has 0 aliphatic heterocycles. The van der Waals surface area contributed by atoms with Crippen LogP contribution in [-0.4, -0.2) is 33.3 Å². The molecule has 1 heterocycles. The van der Waals surface area contributed by atoms with Crippen molar-refractivity contribution in [1.82, 2.24) is 14.9 Å². The number of aryl methyl sites for hydroxylation is 1. The lowest BCUT2D eigenvalue weighted by Gasteiger charge is -2.30. The summed E-state index contributed by atoms with van der Waals surface area (Å²) in [4.78, 5) is 15.6. The van der Waals surface area contributed by atoms with Crippen LogP contribution < -0.4 is 5.32 Å². The molecule has 142 valence electrons. The van der Waals surface area contributed by atoms with E-state index in [1.165, 1.54) is 19.4 Å². The van der Waals surface area contributed by atoms with Crippen molar-refractivity contribution in [2.45, 2.75) is 37.5 Å². The van der Waals surface area contributed by atoms with Crippen molar-refractivity contribution in [2.75, 3.05) is 6.54 Å². The van der Waals surface area contributed by atoms with Gasteiger partial charge in [-0.15, -0.1) is 0 Å². The topological polar surface area (TPSA) is 67.2 Å². The second-order valence-corrected chi connectivity index (χ2v) is 6.34. The molecule has 2 N–H and O–H groups in total. The lowest BCUT2D eigenvalue weighted by Crippen LogP contribution is -2.46. The van der Waals surface area contributed by atoms with Crippen LogP contribution in [0.3, 0.4) is 0 Å². The summed E-state index contributed by atoms with van der Waals surface area (Å²) in [6.45, 7) is 1.55. The van der Waals surface area contributed by atoms with Gasteiger partial charge in [0.05, 0.1) is 0 Å². The van der Waals surface area contributed by atoms with Crippen molar-refractivity contribution in [2.24, 2.45) is 7.05 Å². The van der Waals surface area contributed by atoms with Crippen molar-refractivity contribution in [3.05, 3.63) is 54.1 Å². The second kappa shape index (κ2) is 7.90. The molecule has 0 saturated heterocycles. The standard InChI is InChI=1S/C18H22F3N3O2/c1-13(14-6-4-3-5-7-14)12-15(25)22-9-8-17(26,18(19,20)21)16-23-10-11-24(16)2/h3-7,10-11,13,26H,8-9,12H2,1-2H3,(H,22,25)/t13-,17-/m1/s1. The minimum atomic E-state index is -4.91. The van der Waals surface area contributed by atoms with E-state index in [-0.39, 0.29) is 24.8 Å². The van der Waals surface area contributed by atoms with Crippen molar-refractivity contribution in [3.8, 4) is 0 Å². The number of carbonyl (C=O) groups is 1. The summed E-state index contributed by atoms with van der Waals surface area (Å²) in [5.74, 6) is -0.935. The van der Waals surface area contributed by atoms with Crippen LogP contribution in [0.2, 0.25) is 0 Å². The first-order valence-corrected chi connectivity index (χ1v) is 8.23. The minimum Gasteiger partial charge on any atom is -0.374 e. The SMILES string of the molecule is C[C@H](CC(=O)NCC[C@@](O)(c1nccn1C)C(F)(F)F)c1ccccc1. The molecule has 0 saturated carbocycles. The van der Waals surface area contributed by atoms with Gasteiger partial charge in [0.1, 0.15) is 5.82 Å². The van der Waals surface area contributed by atoms with Gasteiger partial charge in [-0.25, -0.2) is 4.98 Å². The zero-order valence-electron chi connectivity index (χ0n) is 14.6. The van der Waals surface area contributed by atoms with Crippen LogP contribution in [-0.2, 0) is 17.4 Å². The monoisotopic (exact) mass is 369 g/mol. The van der Waals surface area contributed by atoms with E-state index in [4.69, 9.17) is 0 Å². The van der Waals surface area contributed by atoms with E-state index in [9.17, 15) is 23.1 Å². The number of nitrogens with one attached hydrogen (secondary N) is 1. The summed E-state index contributed by atoms with van der Waals surface area (Å²) >= 11 is 0. The summed E-state index contributed by atoms with van der Waals surface area (Å²) in [5, 5.41) is 12.7. The van der Waals surface area contributed by atoms with Gasteiger partial charge in [-0.1, -0.05) is 37.3 Å². The Morgan fingerprint density at radius 1 is 1.31 bits per heavy atom. The van der Waals surface area contributed by atoms with E-state index >= 15 is 0 Å². The number of imidazole rings is 1. The molecule has 2 atom stereocenters. The largest absolute Gasteiger partial charge is 0.424 e. The van der Waals surface area contributed by atoms with E-state index in [1.54, 1.807) is 0 Å². The number of aliphatic hydroxyl groups is 1. The third-order valence-electron chi connectivity index (χ3n) is 4.33. The number of carbonyl (C=O) groups excluding carboxylic acids is 1. The fourth-order valence-corrected chi connectivity index (χ4v) is 2.78. The van der Waals surface area contributed by atoms with Crippen molar-refractivity contribution in [3.63, 3.8) is 0 Å². The van der Waals surface area contributed by atoms with Gasteiger partial charge in [0, 0.05) is 38.8 Å². The van der Waals surface area contributed by atoms with Gasteiger partial charge in [-0.2, -0.15) is 13.2 Å². The maximum atomic E-state index is 13.4. The van der Waals surface area contributed by atoms with Crippen molar-refractivity contribution < 1.29 is 23.1 Å². The molecule has 0 aliphatic carbocycles. The van der Waals surface area contributed by atoms with E-state index < -0.39 is 24.0 Å². The normalized spacial score (nSPS) is 15.3. The minimum absolute atomic E-state index is 0.0627. The number of alkyl halides is 3. The Balaban J connectivity index is 1.96. The average Bonchev–Trinajstić information content (AvgIpc) is 3.01. The molecule has 1 aromatic carbocycles. The lowest BCUT2D eigenvalue weighted by atomic mass is 9.96. The average molecular weight is 369 g/mol. The highest BCUT2D eigenvalue weighted by molar-refractivity contribution is 5.76. The number of aromatic nitrogens is 2. The Labute approximate surface area is 149 Å². The third-order valence-corrected chi connectivity index (χ3v) is 4.33. The van der Waals surface area contributed by atoms with Crippen LogP contribution in [0, 0.1) is 0 Å². The molecule has 1 aromatic heterocycles. The molecular weight excluding hydrogens is 347 g/mol. The highest BCUT2D eigenvalue weighted by atomic mass is 19.4. The van der Waals surface area contributed by atoms with E-state index in [2.05, 4.69) is 10.3 Å². The Hall–Kier alpha value is -2.35. The van der Waals surface area contributed by atoms with Crippen LogP contribution in [0.25, 0.3) is 0 Å². The van der Waals surface area contributed by atoms with Crippen LogP contribution in [0.1, 0.15) is 37.1 Å². The van der Waals surface area contributed by atoms with Gasteiger partial charge in [0.25, 0.3) is 0 Å². The number of hydrogen-bond acceptors (Lipinski definition) is 3. The summed E-state index contributed by atoms with van der Waals surface area (Å²) in [7, 11) is 1.37. The van der Waals surface area contributed by atoms with Gasteiger partial charge < -0.3 is 15.0 Å². The molecule has 0 fully saturated rings. The molecule has 1 amide bonds. The van der Waals surface area contributed by atoms with Crippen LogP contribution >= 0.6 is 0 Å². The lowest BCUT2D eigenvalue weighted by molar-refractivity contribution is -0.272. The number of benzene rings is 1. The zero-order valence-corrected chi connectivity index (χ0v) is 14.6. The molecule has 2 aromatic rings. The van der Waals surface area contributed by atoms with Crippen LogP contribution in [0.15, 0.2) is 42.7 Å². The van der Waals surface area contributed by atoms with Gasteiger partial charge in [-0.3, -0.25) is 4.79 Å². The Bertz CT molecular complexity index is 731. The first kappa shape index (κ1) is 20.0. The maximum Gasteiger partial charge on any atom is 0.424 e. The Morgan fingerprint density at radius 2 is 1.96 bits per heavy atom. The molecular formula is C18H22F3N3O2. The molecule has 0 aliphatic rings. The molecule has 0 spiro atoms. The van der Waals surface area contributed by atoms with Crippen molar-refractivity contribution >= 4 is 5.91 Å². The highest BCUT2D eigenvalue weighted by Crippen LogP contribution is 2.40. The first-order valence-electron chi connectivity index (χ1n) is 8.23. The summed E-state index contributed by atoms with van der Waals surface area (Å²) in [5.41, 5.74) is -2.15. The molecule has 0 unspecified atom stereocenters. The van der Waals surface area contributed by atoms with E-state index in [1.807, 2.05) is 37.3 Å². The number of nitrogens with zero attached hydrogens (tertiary/aromatic N) is 2. The van der Waals surface area contributed by atoms with Gasteiger partial charge in [0.2, 0.25) is 11.5 Å². The van der Waals surface area contributed by atoms with E-state index in [0.29, 0.717) is 0 Å². The first-order chi connectivity index (χ1) is 12.1. The van der Waals surface area contributed by atoms with Crippen molar-refractivity contribution in [1.29, 1.82) is 0 Å². The van der Waals surface area contributed by atoms with Gasteiger partial charge >= 0.3 is 6.18 Å². The predicted molar refractivity (Wildman–Crippen MR) is 90.3 cm³/mol. The molecule has 0 radical (unpaired) electrons. The molecule has 5 nitrogen and oxygen atoms in total. The molecule has 8 heteroatoms. The van der Waals surface area contributed by atoms with Gasteiger partial charge in [0.15, 0.2) is 0 Å². The summed E-state index contributed by atoms with van der Waals surface area (Å²) < 4.78 is 41.3.